The molecule has 8 aliphatic carbocycles. The van der Waals surface area contributed by atoms with Crippen molar-refractivity contribution in [3.63, 3.8) is 0 Å². The molecule has 0 aromatic heterocycles. The first-order chi connectivity index (χ1) is 17.2. The molecule has 8 bridgehead atoms. The summed E-state index contributed by atoms with van der Waals surface area (Å²) in [4.78, 5) is 26.0. The van der Waals surface area contributed by atoms with Gasteiger partial charge in [0.25, 0.3) is 0 Å². The summed E-state index contributed by atoms with van der Waals surface area (Å²) >= 11 is 0. The van der Waals surface area contributed by atoms with Gasteiger partial charge < -0.3 is 14.2 Å². The molecular weight excluding hydrogens is 452 g/mol. The van der Waals surface area contributed by atoms with Crippen LogP contribution in [-0.4, -0.2) is 31.4 Å². The van der Waals surface area contributed by atoms with Crippen LogP contribution in [0, 0.1) is 70.0 Å². The molecule has 0 N–H and O–H groups in total. The normalized spacial score (nSPS) is 49.5. The summed E-state index contributed by atoms with van der Waals surface area (Å²) in [5.41, 5.74) is -0.0545. The summed E-state index contributed by atoms with van der Waals surface area (Å²) in [5.74, 6) is 6.16. The Bertz CT molecular complexity index is 873. The van der Waals surface area contributed by atoms with Gasteiger partial charge in [-0.15, -0.1) is 0 Å². The van der Waals surface area contributed by atoms with Crippen molar-refractivity contribution in [2.24, 2.45) is 70.0 Å². The molecule has 200 valence electrons. The van der Waals surface area contributed by atoms with Gasteiger partial charge in [0.15, 0.2) is 6.79 Å². The average Bonchev–Trinajstić information content (AvgIpc) is 3.60. The molecule has 0 saturated heterocycles. The molecule has 8 unspecified atom stereocenters. The van der Waals surface area contributed by atoms with Crippen molar-refractivity contribution < 1.29 is 23.8 Å². The number of fused-ring (bicyclic) bond motifs is 9. The lowest BCUT2D eigenvalue weighted by molar-refractivity contribution is -0.175. The van der Waals surface area contributed by atoms with E-state index in [1.54, 1.807) is 0 Å². The zero-order valence-corrected chi connectivity index (χ0v) is 22.6. The van der Waals surface area contributed by atoms with Gasteiger partial charge in [0.2, 0.25) is 0 Å². The first-order valence-corrected chi connectivity index (χ1v) is 15.2. The maximum absolute atomic E-state index is 13.2. The Morgan fingerprint density at radius 1 is 0.833 bits per heavy atom. The molecule has 5 heteroatoms. The van der Waals surface area contributed by atoms with Crippen molar-refractivity contribution in [2.75, 3.05) is 13.4 Å². The third kappa shape index (κ3) is 3.72. The highest BCUT2D eigenvalue weighted by Crippen LogP contribution is 2.69. The topological polar surface area (TPSA) is 61.8 Å². The molecule has 0 aromatic carbocycles. The van der Waals surface area contributed by atoms with Gasteiger partial charge in [-0.2, -0.15) is 0 Å². The fourth-order valence-corrected chi connectivity index (χ4v) is 11.3. The Morgan fingerprint density at radius 2 is 1.47 bits per heavy atom. The third-order valence-corrected chi connectivity index (χ3v) is 12.6. The predicted molar refractivity (Wildman–Crippen MR) is 134 cm³/mol. The van der Waals surface area contributed by atoms with E-state index in [-0.39, 0.29) is 30.8 Å². The number of hydrogen-bond acceptors (Lipinski definition) is 5. The second-order valence-corrected chi connectivity index (χ2v) is 15.1. The van der Waals surface area contributed by atoms with Crippen LogP contribution in [0.4, 0.5) is 0 Å². The minimum atomic E-state index is -0.418. The lowest BCUT2D eigenvalue weighted by Gasteiger charge is -2.56. The molecule has 5 nitrogen and oxygen atoms in total. The maximum atomic E-state index is 13.2. The Morgan fingerprint density at radius 3 is 2.14 bits per heavy atom. The Hall–Kier alpha value is -1.10. The van der Waals surface area contributed by atoms with Gasteiger partial charge in [0, 0.05) is 0 Å². The molecular formula is C31H46O5. The Kier molecular flexibility index (Phi) is 5.63. The number of esters is 2. The first-order valence-electron chi connectivity index (χ1n) is 15.2. The van der Waals surface area contributed by atoms with Crippen molar-refractivity contribution in [1.29, 1.82) is 0 Å². The highest BCUT2D eigenvalue weighted by atomic mass is 16.7. The van der Waals surface area contributed by atoms with Crippen molar-refractivity contribution in [3.8, 4) is 0 Å². The molecule has 0 spiro atoms. The molecule has 0 heterocycles. The van der Waals surface area contributed by atoms with E-state index in [1.807, 2.05) is 13.8 Å². The van der Waals surface area contributed by atoms with Gasteiger partial charge in [-0.1, -0.05) is 6.92 Å². The number of carbonyl (C=O) groups excluding carboxylic acids is 2. The number of ether oxygens (including phenoxy) is 3. The lowest BCUT2D eigenvalue weighted by atomic mass is 9.50. The molecule has 8 fully saturated rings. The van der Waals surface area contributed by atoms with E-state index in [1.165, 1.54) is 44.9 Å². The van der Waals surface area contributed by atoms with E-state index in [0.29, 0.717) is 35.0 Å². The largest absolute Gasteiger partial charge is 0.462 e. The van der Waals surface area contributed by atoms with Crippen LogP contribution < -0.4 is 0 Å². The van der Waals surface area contributed by atoms with E-state index in [9.17, 15) is 9.59 Å². The fourth-order valence-electron chi connectivity index (χ4n) is 11.3. The second-order valence-electron chi connectivity index (χ2n) is 15.1. The minimum Gasteiger partial charge on any atom is -0.462 e. The van der Waals surface area contributed by atoms with Crippen LogP contribution in [0.2, 0.25) is 0 Å². The Balaban J connectivity index is 0.930. The summed E-state index contributed by atoms with van der Waals surface area (Å²) in [6.45, 7) is 6.93. The molecule has 0 aliphatic heterocycles. The monoisotopic (exact) mass is 498 g/mol. The number of carbonyl (C=O) groups is 2. The molecule has 8 saturated carbocycles. The van der Waals surface area contributed by atoms with Gasteiger partial charge in [0.1, 0.15) is 6.10 Å². The second kappa shape index (κ2) is 8.45. The molecule has 0 amide bonds. The fraction of sp³-hybridized carbons (Fsp3) is 0.935. The van der Waals surface area contributed by atoms with Crippen LogP contribution in [0.1, 0.15) is 91.4 Å². The summed E-state index contributed by atoms with van der Waals surface area (Å²) in [6.07, 6.45) is 13.5. The van der Waals surface area contributed by atoms with E-state index >= 15 is 0 Å². The van der Waals surface area contributed by atoms with Crippen LogP contribution in [0.5, 0.6) is 0 Å². The lowest BCUT2D eigenvalue weighted by Crippen LogP contribution is -2.48. The van der Waals surface area contributed by atoms with Gasteiger partial charge in [0.05, 0.1) is 17.9 Å². The molecule has 0 radical (unpaired) electrons. The summed E-state index contributed by atoms with van der Waals surface area (Å²) in [6, 6.07) is 0. The highest BCUT2D eigenvalue weighted by Gasteiger charge is 2.66. The van der Waals surface area contributed by atoms with Crippen LogP contribution in [0.25, 0.3) is 0 Å². The zero-order chi connectivity index (χ0) is 24.8. The first kappa shape index (κ1) is 24.0. The van der Waals surface area contributed by atoms with Crippen LogP contribution in [-0.2, 0) is 23.8 Å². The number of hydrogen-bond donors (Lipinski definition) is 0. The molecule has 0 aromatic rings. The van der Waals surface area contributed by atoms with Gasteiger partial charge in [-0.05, 0) is 143 Å². The van der Waals surface area contributed by atoms with Crippen LogP contribution in [0.3, 0.4) is 0 Å². The van der Waals surface area contributed by atoms with E-state index in [0.717, 1.165) is 56.0 Å². The molecule has 8 rings (SSSR count). The van der Waals surface area contributed by atoms with E-state index in [2.05, 4.69) is 6.92 Å². The molecule has 8 aliphatic rings. The smallest absolute Gasteiger partial charge is 0.311 e. The summed E-state index contributed by atoms with van der Waals surface area (Å²) < 4.78 is 18.0. The van der Waals surface area contributed by atoms with Crippen molar-refractivity contribution in [1.82, 2.24) is 0 Å². The summed E-state index contributed by atoms with van der Waals surface area (Å²) in [5, 5.41) is 0. The van der Waals surface area contributed by atoms with Crippen molar-refractivity contribution in [2.45, 2.75) is 97.5 Å². The highest BCUT2D eigenvalue weighted by molar-refractivity contribution is 5.76. The SMILES string of the molecule is CCC(C)(C)C(=O)OC1CC2CC1C1C3CC(CC3C(=O)OCOCC34CC5CC(CC(C5)C3)C4)C21. The Labute approximate surface area is 216 Å². The van der Waals surface area contributed by atoms with E-state index < -0.39 is 5.41 Å². The molecule has 36 heavy (non-hydrogen) atoms. The standard InChI is InChI=1S/C31H46O5/c1-4-30(2,3)29(33)36-25-11-21-10-24(25)27-22-8-20(26(21)27)9-23(22)28(32)35-16-34-15-31-12-17-5-18(13-31)7-19(6-17)14-31/h17-27H,4-16H2,1-3H3. The quantitative estimate of drug-likeness (QED) is 0.178. The zero-order valence-electron chi connectivity index (χ0n) is 22.6. The third-order valence-electron chi connectivity index (χ3n) is 12.6. The average molecular weight is 499 g/mol. The predicted octanol–water partition coefficient (Wildman–Crippen LogP) is 6.00. The minimum absolute atomic E-state index is 0.0159. The van der Waals surface area contributed by atoms with Gasteiger partial charge in [-0.3, -0.25) is 9.59 Å². The van der Waals surface area contributed by atoms with Crippen molar-refractivity contribution in [3.05, 3.63) is 0 Å². The molecule has 8 atom stereocenters. The van der Waals surface area contributed by atoms with E-state index in [4.69, 9.17) is 14.2 Å². The van der Waals surface area contributed by atoms with Gasteiger partial charge in [-0.25, -0.2) is 0 Å². The van der Waals surface area contributed by atoms with Crippen LogP contribution in [0.15, 0.2) is 0 Å². The van der Waals surface area contributed by atoms with Crippen molar-refractivity contribution >= 4 is 11.9 Å². The summed E-state index contributed by atoms with van der Waals surface area (Å²) in [7, 11) is 0. The van der Waals surface area contributed by atoms with Gasteiger partial charge >= 0.3 is 11.9 Å². The van der Waals surface area contributed by atoms with Crippen LogP contribution >= 0.6 is 0 Å². The number of rotatable bonds is 8. The maximum Gasteiger partial charge on any atom is 0.311 e.